The van der Waals surface area contributed by atoms with Crippen LogP contribution in [0.4, 0.5) is 10.5 Å². The van der Waals surface area contributed by atoms with Crippen LogP contribution >= 0.6 is 46.6 Å². The van der Waals surface area contributed by atoms with Gasteiger partial charge in [0.05, 0.1) is 26.7 Å². The van der Waals surface area contributed by atoms with E-state index in [1.165, 1.54) is 27.0 Å². The van der Waals surface area contributed by atoms with Crippen LogP contribution in [-0.4, -0.2) is 43.8 Å². The lowest BCUT2D eigenvalue weighted by Gasteiger charge is -2.26. The summed E-state index contributed by atoms with van der Waals surface area (Å²) in [5.74, 6) is 0. The second-order valence-corrected chi connectivity index (χ2v) is 12.5. The molecule has 0 aliphatic heterocycles. The van der Waals surface area contributed by atoms with Gasteiger partial charge in [-0.2, -0.15) is 4.31 Å². The smallest absolute Gasteiger partial charge is 0.321 e. The van der Waals surface area contributed by atoms with E-state index < -0.39 is 16.1 Å². The SMILES string of the molecule is CCN(CC)S(=O)(=O)c1ccc(Sc2ccc(Cl)cc2)c(NC(=O)N(C)C(C)c2ccc(Cl)c(Cl)c2)c1. The molecule has 0 aliphatic carbocycles. The van der Waals surface area contributed by atoms with Gasteiger partial charge in [-0.1, -0.05) is 66.5 Å². The average Bonchev–Trinajstić information content (AvgIpc) is 2.87. The van der Waals surface area contributed by atoms with Gasteiger partial charge in [0.15, 0.2) is 0 Å². The number of hydrogen-bond donors (Lipinski definition) is 1. The summed E-state index contributed by atoms with van der Waals surface area (Å²) < 4.78 is 27.7. The van der Waals surface area contributed by atoms with E-state index in [4.69, 9.17) is 34.8 Å². The van der Waals surface area contributed by atoms with E-state index in [0.29, 0.717) is 38.7 Å². The predicted molar refractivity (Wildman–Crippen MR) is 154 cm³/mol. The highest BCUT2D eigenvalue weighted by atomic mass is 35.5. The zero-order chi connectivity index (χ0) is 27.3. The second kappa shape index (κ2) is 12.7. The van der Waals surface area contributed by atoms with E-state index in [2.05, 4.69) is 5.32 Å². The van der Waals surface area contributed by atoms with Crippen LogP contribution < -0.4 is 5.32 Å². The van der Waals surface area contributed by atoms with Crippen molar-refractivity contribution in [1.29, 1.82) is 0 Å². The fourth-order valence-corrected chi connectivity index (χ4v) is 6.37. The van der Waals surface area contributed by atoms with Crippen LogP contribution in [0.2, 0.25) is 15.1 Å². The largest absolute Gasteiger partial charge is 0.322 e. The Morgan fingerprint density at radius 2 is 1.59 bits per heavy atom. The van der Waals surface area contributed by atoms with Crippen LogP contribution in [0.25, 0.3) is 0 Å². The lowest BCUT2D eigenvalue weighted by atomic mass is 10.1. The van der Waals surface area contributed by atoms with Gasteiger partial charge in [-0.05, 0) is 67.1 Å². The predicted octanol–water partition coefficient (Wildman–Crippen LogP) is 8.05. The molecule has 3 aromatic rings. The van der Waals surface area contributed by atoms with Crippen LogP contribution in [0.1, 0.15) is 32.4 Å². The maximum absolute atomic E-state index is 13.3. The van der Waals surface area contributed by atoms with E-state index in [-0.39, 0.29) is 10.9 Å². The van der Waals surface area contributed by atoms with Crippen molar-refractivity contribution in [3.8, 4) is 0 Å². The highest BCUT2D eigenvalue weighted by Gasteiger charge is 2.25. The summed E-state index contributed by atoms with van der Waals surface area (Å²) in [5, 5.41) is 4.34. The van der Waals surface area contributed by atoms with Crippen molar-refractivity contribution < 1.29 is 13.2 Å². The topological polar surface area (TPSA) is 69.7 Å². The minimum Gasteiger partial charge on any atom is -0.321 e. The lowest BCUT2D eigenvalue weighted by Crippen LogP contribution is -2.34. The molecule has 0 radical (unpaired) electrons. The molecule has 0 fully saturated rings. The summed E-state index contributed by atoms with van der Waals surface area (Å²) in [6.45, 7) is 6.11. The summed E-state index contributed by atoms with van der Waals surface area (Å²) in [6.07, 6.45) is 0. The summed E-state index contributed by atoms with van der Waals surface area (Å²) >= 11 is 19.6. The van der Waals surface area contributed by atoms with Gasteiger partial charge in [-0.3, -0.25) is 0 Å². The minimum absolute atomic E-state index is 0.104. The monoisotopic (exact) mass is 599 g/mol. The summed E-state index contributed by atoms with van der Waals surface area (Å²) in [5.41, 5.74) is 1.19. The Kier molecular flexibility index (Phi) is 10.2. The number of hydrogen-bond acceptors (Lipinski definition) is 4. The average molecular weight is 601 g/mol. The van der Waals surface area contributed by atoms with Crippen LogP contribution in [0.5, 0.6) is 0 Å². The molecule has 1 atom stereocenters. The third-order valence-electron chi connectivity index (χ3n) is 5.90. The zero-order valence-corrected chi connectivity index (χ0v) is 24.7. The fourth-order valence-electron chi connectivity index (χ4n) is 3.57. The third-order valence-corrected chi connectivity index (χ3v) is 10.0. The highest BCUT2D eigenvalue weighted by Crippen LogP contribution is 2.36. The van der Waals surface area contributed by atoms with Crippen LogP contribution in [0.3, 0.4) is 0 Å². The maximum Gasteiger partial charge on any atom is 0.322 e. The molecule has 11 heteroatoms. The molecule has 6 nitrogen and oxygen atoms in total. The number of amides is 2. The van der Waals surface area contributed by atoms with E-state index in [9.17, 15) is 13.2 Å². The molecule has 37 heavy (non-hydrogen) atoms. The van der Waals surface area contributed by atoms with Crippen molar-refractivity contribution in [2.45, 2.75) is 41.5 Å². The number of carbonyl (C=O) groups excluding carboxylic acids is 1. The molecule has 0 bridgehead atoms. The highest BCUT2D eigenvalue weighted by molar-refractivity contribution is 7.99. The van der Waals surface area contributed by atoms with Crippen molar-refractivity contribution >= 4 is 68.3 Å². The third kappa shape index (κ3) is 7.13. The molecule has 198 valence electrons. The first-order chi connectivity index (χ1) is 17.5. The Bertz CT molecular complexity index is 1370. The van der Waals surface area contributed by atoms with Gasteiger partial charge in [0, 0.05) is 35.0 Å². The van der Waals surface area contributed by atoms with Gasteiger partial charge >= 0.3 is 6.03 Å². The first-order valence-corrected chi connectivity index (χ1v) is 14.9. The maximum atomic E-state index is 13.3. The quantitative estimate of drug-likeness (QED) is 0.270. The van der Waals surface area contributed by atoms with E-state index in [1.54, 1.807) is 57.3 Å². The molecule has 0 saturated heterocycles. The molecule has 0 aliphatic rings. The van der Waals surface area contributed by atoms with Gasteiger partial charge in [0.1, 0.15) is 0 Å². The van der Waals surface area contributed by atoms with E-state index >= 15 is 0 Å². The van der Waals surface area contributed by atoms with Crippen LogP contribution in [-0.2, 0) is 10.0 Å². The van der Waals surface area contributed by atoms with Gasteiger partial charge in [-0.25, -0.2) is 13.2 Å². The normalized spacial score (nSPS) is 12.4. The first kappa shape index (κ1) is 29.6. The molecule has 2 amide bonds. The first-order valence-electron chi connectivity index (χ1n) is 11.5. The molecule has 1 N–H and O–H groups in total. The molecule has 3 rings (SSSR count). The molecule has 0 spiro atoms. The molecular formula is C26H28Cl3N3O3S2. The molecule has 0 heterocycles. The van der Waals surface area contributed by atoms with Gasteiger partial charge in [-0.15, -0.1) is 0 Å². The Balaban J connectivity index is 1.96. The van der Waals surface area contributed by atoms with E-state index in [0.717, 1.165) is 10.5 Å². The van der Waals surface area contributed by atoms with Crippen LogP contribution in [0, 0.1) is 0 Å². The fraction of sp³-hybridized carbons (Fsp3) is 0.269. The number of urea groups is 1. The molecule has 0 aromatic heterocycles. The number of nitrogens with one attached hydrogen (secondary N) is 1. The molecule has 1 unspecified atom stereocenters. The Hall–Kier alpha value is -1.94. The van der Waals surface area contributed by atoms with Gasteiger partial charge in [0.2, 0.25) is 10.0 Å². The molecular weight excluding hydrogens is 573 g/mol. The van der Waals surface area contributed by atoms with Crippen molar-refractivity contribution in [3.63, 3.8) is 0 Å². The minimum atomic E-state index is -3.73. The number of benzene rings is 3. The molecule has 3 aromatic carbocycles. The Labute approximate surface area is 237 Å². The number of carbonyl (C=O) groups is 1. The van der Waals surface area contributed by atoms with Crippen molar-refractivity contribution in [1.82, 2.24) is 9.21 Å². The Morgan fingerprint density at radius 3 is 2.19 bits per heavy atom. The number of nitrogens with zero attached hydrogens (tertiary/aromatic N) is 2. The Morgan fingerprint density at radius 1 is 0.946 bits per heavy atom. The number of sulfonamides is 1. The summed E-state index contributed by atoms with van der Waals surface area (Å²) in [4.78, 5) is 16.5. The summed E-state index contributed by atoms with van der Waals surface area (Å²) in [6, 6.07) is 16.5. The number of anilines is 1. The number of rotatable bonds is 9. The van der Waals surface area contributed by atoms with Crippen molar-refractivity contribution in [2.24, 2.45) is 0 Å². The molecule has 0 saturated carbocycles. The van der Waals surface area contributed by atoms with Gasteiger partial charge in [0.25, 0.3) is 0 Å². The van der Waals surface area contributed by atoms with Crippen molar-refractivity contribution in [3.05, 3.63) is 81.3 Å². The summed E-state index contributed by atoms with van der Waals surface area (Å²) in [7, 11) is -2.07. The van der Waals surface area contributed by atoms with E-state index in [1.807, 2.05) is 25.1 Å². The second-order valence-electron chi connectivity index (χ2n) is 8.19. The number of halogens is 3. The van der Waals surface area contributed by atoms with Gasteiger partial charge < -0.3 is 10.2 Å². The standard InChI is InChI=1S/C26H28Cl3N3O3S2/c1-5-32(6-2)37(34,35)21-12-14-25(36-20-10-8-19(27)9-11-20)24(16-21)30-26(33)31(4)17(3)18-7-13-22(28)23(29)15-18/h7-17H,5-6H2,1-4H3,(H,30,33). The lowest BCUT2D eigenvalue weighted by molar-refractivity contribution is 0.208. The van der Waals surface area contributed by atoms with Crippen LogP contribution in [0.15, 0.2) is 75.4 Å². The van der Waals surface area contributed by atoms with Crippen molar-refractivity contribution in [2.75, 3.05) is 25.5 Å². The zero-order valence-electron chi connectivity index (χ0n) is 20.8.